The molecule has 0 fully saturated rings. The summed E-state index contributed by atoms with van der Waals surface area (Å²) in [4.78, 5) is 12.8. The second kappa shape index (κ2) is 11.5. The van der Waals surface area contributed by atoms with E-state index in [2.05, 4.69) is 31.3 Å². The molecule has 0 bridgehead atoms. The molecule has 0 saturated heterocycles. The molecule has 3 aromatic rings. The van der Waals surface area contributed by atoms with Crippen LogP contribution in [0, 0.1) is 0 Å². The van der Waals surface area contributed by atoms with Gasteiger partial charge in [0.2, 0.25) is 0 Å². The molecule has 0 heterocycles. The first kappa shape index (κ1) is 27.7. The summed E-state index contributed by atoms with van der Waals surface area (Å²) in [5.74, 6) is 0.0723. The lowest BCUT2D eigenvalue weighted by Gasteiger charge is -2.24. The zero-order valence-corrected chi connectivity index (χ0v) is 22.8. The first-order chi connectivity index (χ1) is 17.5. The van der Waals surface area contributed by atoms with Gasteiger partial charge in [0, 0.05) is 6.07 Å². The Morgan fingerprint density at radius 2 is 1.54 bits per heavy atom. The van der Waals surface area contributed by atoms with Gasteiger partial charge < -0.3 is 9.47 Å². The van der Waals surface area contributed by atoms with Gasteiger partial charge >= 0.3 is 0 Å². The van der Waals surface area contributed by atoms with Crippen LogP contribution in [-0.4, -0.2) is 40.8 Å². The number of hydrogen-bond acceptors (Lipinski definition) is 6. The van der Waals surface area contributed by atoms with E-state index in [0.717, 1.165) is 9.87 Å². The Kier molecular flexibility index (Phi) is 8.60. The van der Waals surface area contributed by atoms with Gasteiger partial charge in [0.1, 0.15) is 6.54 Å². The summed E-state index contributed by atoms with van der Waals surface area (Å²) in [5, 5.41) is 4.20. The Bertz CT molecular complexity index is 1360. The molecule has 9 heteroatoms. The van der Waals surface area contributed by atoms with E-state index >= 15 is 0 Å². The van der Waals surface area contributed by atoms with Crippen LogP contribution in [0.3, 0.4) is 0 Å². The van der Waals surface area contributed by atoms with Gasteiger partial charge in [-0.05, 0) is 47.7 Å². The number of nitrogens with zero attached hydrogens (tertiary/aromatic N) is 2. The van der Waals surface area contributed by atoms with E-state index in [-0.39, 0.29) is 16.1 Å². The van der Waals surface area contributed by atoms with Crippen molar-refractivity contribution in [2.24, 2.45) is 5.10 Å². The molecular formula is C28H33N3O5S. The molecule has 1 N–H and O–H groups in total. The number of carbonyl (C=O) groups is 1. The van der Waals surface area contributed by atoms with Gasteiger partial charge in [-0.2, -0.15) is 5.10 Å². The van der Waals surface area contributed by atoms with E-state index in [1.54, 1.807) is 37.3 Å². The summed E-state index contributed by atoms with van der Waals surface area (Å²) in [5.41, 5.74) is 5.49. The first-order valence-corrected chi connectivity index (χ1v) is 13.1. The molecule has 0 aromatic heterocycles. The molecule has 0 saturated carbocycles. The number of rotatable bonds is 9. The average molecular weight is 524 g/mol. The second-order valence-electron chi connectivity index (χ2n) is 9.42. The normalized spacial score (nSPS) is 12.1. The molecule has 3 rings (SSSR count). The highest BCUT2D eigenvalue weighted by Gasteiger charge is 2.28. The standard InChI is InChI=1S/C28H33N3O5S/c1-20(21-12-14-22(15-13-21)28(2,3)4)29-30-27(32)19-31(23-10-8-7-9-11-23)37(33,34)24-16-17-25(35-5)26(18-24)36-6/h7-18H,19H2,1-6H3,(H,30,32)/b29-20-. The maximum absolute atomic E-state index is 13.6. The molecule has 3 aromatic carbocycles. The van der Waals surface area contributed by atoms with Gasteiger partial charge in [0.05, 0.1) is 30.5 Å². The minimum atomic E-state index is -4.13. The van der Waals surface area contributed by atoms with Crippen molar-refractivity contribution in [3.8, 4) is 11.5 Å². The third-order valence-electron chi connectivity index (χ3n) is 5.79. The first-order valence-electron chi connectivity index (χ1n) is 11.7. The van der Waals surface area contributed by atoms with Gasteiger partial charge in [0.15, 0.2) is 11.5 Å². The minimum Gasteiger partial charge on any atom is -0.493 e. The van der Waals surface area contributed by atoms with E-state index in [0.29, 0.717) is 17.1 Å². The molecule has 0 aliphatic heterocycles. The summed E-state index contributed by atoms with van der Waals surface area (Å²) in [6, 6.07) is 20.7. The van der Waals surface area contributed by atoms with Crippen molar-refractivity contribution >= 4 is 27.3 Å². The quantitative estimate of drug-likeness (QED) is 0.323. The number of methoxy groups -OCH3 is 2. The number of sulfonamides is 1. The summed E-state index contributed by atoms with van der Waals surface area (Å²) in [6.45, 7) is 7.72. The number of hydrogen-bond donors (Lipinski definition) is 1. The van der Waals surface area contributed by atoms with Crippen molar-refractivity contribution in [1.29, 1.82) is 0 Å². The van der Waals surface area contributed by atoms with Crippen molar-refractivity contribution in [3.63, 3.8) is 0 Å². The van der Waals surface area contributed by atoms with Crippen LogP contribution < -0.4 is 19.2 Å². The van der Waals surface area contributed by atoms with Gasteiger partial charge in [-0.3, -0.25) is 9.10 Å². The highest BCUT2D eigenvalue weighted by molar-refractivity contribution is 7.92. The smallest absolute Gasteiger partial charge is 0.264 e. The average Bonchev–Trinajstić information content (AvgIpc) is 2.89. The molecule has 0 atom stereocenters. The fraction of sp³-hybridized carbons (Fsp3) is 0.286. The molecule has 8 nitrogen and oxygen atoms in total. The lowest BCUT2D eigenvalue weighted by molar-refractivity contribution is -0.119. The predicted octanol–water partition coefficient (Wildman–Crippen LogP) is 4.74. The van der Waals surface area contributed by atoms with E-state index in [1.807, 2.05) is 24.3 Å². The molecule has 37 heavy (non-hydrogen) atoms. The third-order valence-corrected chi connectivity index (χ3v) is 7.56. The second-order valence-corrected chi connectivity index (χ2v) is 11.3. The highest BCUT2D eigenvalue weighted by atomic mass is 32.2. The van der Waals surface area contributed by atoms with Crippen LogP contribution in [-0.2, 0) is 20.2 Å². The van der Waals surface area contributed by atoms with Crippen LogP contribution in [0.1, 0.15) is 38.8 Å². The number of amides is 1. The van der Waals surface area contributed by atoms with Crippen molar-refractivity contribution in [3.05, 3.63) is 83.9 Å². The van der Waals surface area contributed by atoms with Gasteiger partial charge in [-0.25, -0.2) is 13.8 Å². The largest absolute Gasteiger partial charge is 0.493 e. The molecule has 0 radical (unpaired) electrons. The van der Waals surface area contributed by atoms with E-state index in [1.165, 1.54) is 38.0 Å². The lowest BCUT2D eigenvalue weighted by Crippen LogP contribution is -2.39. The monoisotopic (exact) mass is 523 g/mol. The summed E-state index contributed by atoms with van der Waals surface area (Å²) >= 11 is 0. The Hall–Kier alpha value is -3.85. The van der Waals surface area contributed by atoms with Crippen molar-refractivity contribution in [2.75, 3.05) is 25.1 Å². The SMILES string of the molecule is COc1ccc(S(=O)(=O)N(CC(=O)N/N=C(/C)c2ccc(C(C)(C)C)cc2)c2ccccc2)cc1OC. The molecule has 0 unspecified atom stereocenters. The number of benzene rings is 3. The van der Waals surface area contributed by atoms with Gasteiger partial charge in [0.25, 0.3) is 15.9 Å². The fourth-order valence-electron chi connectivity index (χ4n) is 3.60. The van der Waals surface area contributed by atoms with E-state index < -0.39 is 22.5 Å². The fourth-order valence-corrected chi connectivity index (χ4v) is 5.04. The zero-order valence-electron chi connectivity index (χ0n) is 22.0. The lowest BCUT2D eigenvalue weighted by atomic mass is 9.86. The number of ether oxygens (including phenoxy) is 2. The Morgan fingerprint density at radius 1 is 0.919 bits per heavy atom. The van der Waals surface area contributed by atoms with E-state index in [4.69, 9.17) is 9.47 Å². The Labute approximate surface area is 219 Å². The molecule has 1 amide bonds. The molecular weight excluding hydrogens is 490 g/mol. The third kappa shape index (κ3) is 6.68. The van der Waals surface area contributed by atoms with Gasteiger partial charge in [-0.1, -0.05) is 63.2 Å². The zero-order chi connectivity index (χ0) is 27.2. The minimum absolute atomic E-state index is 0.0259. The molecule has 0 spiro atoms. The predicted molar refractivity (Wildman–Crippen MR) is 146 cm³/mol. The maximum atomic E-state index is 13.6. The van der Waals surface area contributed by atoms with Gasteiger partial charge in [-0.15, -0.1) is 0 Å². The number of nitrogens with one attached hydrogen (secondary N) is 1. The molecule has 0 aliphatic rings. The summed E-state index contributed by atoms with van der Waals surface area (Å²) in [6.07, 6.45) is 0. The van der Waals surface area contributed by atoms with Crippen LogP contribution >= 0.6 is 0 Å². The highest BCUT2D eigenvalue weighted by Crippen LogP contribution is 2.32. The summed E-state index contributed by atoms with van der Waals surface area (Å²) in [7, 11) is -1.24. The van der Waals surface area contributed by atoms with Crippen molar-refractivity contribution in [1.82, 2.24) is 5.43 Å². The van der Waals surface area contributed by atoms with Crippen LogP contribution in [0.2, 0.25) is 0 Å². The van der Waals surface area contributed by atoms with Crippen LogP contribution in [0.25, 0.3) is 0 Å². The van der Waals surface area contributed by atoms with Crippen LogP contribution in [0.4, 0.5) is 5.69 Å². The number of anilines is 1. The maximum Gasteiger partial charge on any atom is 0.264 e. The molecule has 0 aliphatic carbocycles. The van der Waals surface area contributed by atoms with E-state index in [9.17, 15) is 13.2 Å². The van der Waals surface area contributed by atoms with Crippen LogP contribution in [0.5, 0.6) is 11.5 Å². The Balaban J connectivity index is 1.85. The summed E-state index contributed by atoms with van der Waals surface area (Å²) < 4.78 is 38.8. The van der Waals surface area contributed by atoms with Crippen LogP contribution in [0.15, 0.2) is 82.8 Å². The van der Waals surface area contributed by atoms with Crippen molar-refractivity contribution in [2.45, 2.75) is 38.0 Å². The number of hydrazone groups is 1. The number of para-hydroxylation sites is 1. The number of carbonyl (C=O) groups excluding carboxylic acids is 1. The topological polar surface area (TPSA) is 97.3 Å². The molecule has 196 valence electrons. The Morgan fingerprint density at radius 3 is 2.11 bits per heavy atom. The van der Waals surface area contributed by atoms with Crippen molar-refractivity contribution < 1.29 is 22.7 Å².